The van der Waals surface area contributed by atoms with Gasteiger partial charge in [-0.1, -0.05) is 18.2 Å². The van der Waals surface area contributed by atoms with Gasteiger partial charge in [-0.2, -0.15) is 0 Å². The van der Waals surface area contributed by atoms with Gasteiger partial charge in [0.05, 0.1) is 6.42 Å². The van der Waals surface area contributed by atoms with Crippen LogP contribution in [0.3, 0.4) is 0 Å². The number of hydrogen-bond donors (Lipinski definition) is 2. The number of nitrogens with one attached hydrogen (secondary N) is 1. The van der Waals surface area contributed by atoms with E-state index >= 15 is 0 Å². The Morgan fingerprint density at radius 1 is 1.47 bits per heavy atom. The average Bonchev–Trinajstić information content (AvgIpc) is 2.59. The van der Waals surface area contributed by atoms with Crippen molar-refractivity contribution in [3.05, 3.63) is 35.5 Å². The molecule has 0 radical (unpaired) electrons. The van der Waals surface area contributed by atoms with E-state index in [-0.39, 0.29) is 6.42 Å². The zero-order chi connectivity index (χ0) is 10.8. The Morgan fingerprint density at radius 2 is 2.27 bits per heavy atom. The third-order valence-corrected chi connectivity index (χ3v) is 2.53. The first-order chi connectivity index (χ1) is 7.16. The van der Waals surface area contributed by atoms with Gasteiger partial charge in [0, 0.05) is 11.2 Å². The SMILES string of the molecule is Cc1cccc2cc(CCC(=O)O)[nH]c12. The lowest BCUT2D eigenvalue weighted by molar-refractivity contribution is -0.136. The molecule has 0 saturated carbocycles. The third-order valence-electron chi connectivity index (χ3n) is 2.53. The Kier molecular flexibility index (Phi) is 2.46. The van der Waals surface area contributed by atoms with Crippen molar-refractivity contribution in [1.29, 1.82) is 0 Å². The maximum Gasteiger partial charge on any atom is 0.303 e. The molecule has 2 rings (SSSR count). The molecule has 15 heavy (non-hydrogen) atoms. The Hall–Kier alpha value is -1.77. The molecule has 3 nitrogen and oxygen atoms in total. The Morgan fingerprint density at radius 3 is 2.93 bits per heavy atom. The van der Waals surface area contributed by atoms with Gasteiger partial charge in [-0.05, 0) is 30.4 Å². The molecule has 0 aliphatic heterocycles. The standard InChI is InChI=1S/C12H13NO2/c1-8-3-2-4-9-7-10(13-12(8)9)5-6-11(14)15/h2-4,7,13H,5-6H2,1H3,(H,14,15). The number of aryl methyl sites for hydroxylation is 2. The van der Waals surface area contributed by atoms with Crippen molar-refractivity contribution in [3.63, 3.8) is 0 Å². The molecule has 2 N–H and O–H groups in total. The van der Waals surface area contributed by atoms with Crippen LogP contribution < -0.4 is 0 Å². The lowest BCUT2D eigenvalue weighted by Crippen LogP contribution is -1.97. The van der Waals surface area contributed by atoms with Crippen LogP contribution in [0, 0.1) is 6.92 Å². The van der Waals surface area contributed by atoms with Crippen molar-refractivity contribution < 1.29 is 9.90 Å². The summed E-state index contributed by atoms with van der Waals surface area (Å²) in [6, 6.07) is 8.10. The van der Waals surface area contributed by atoms with Crippen LogP contribution in [-0.4, -0.2) is 16.1 Å². The molecule has 0 bridgehead atoms. The molecular formula is C12H13NO2. The molecule has 2 aromatic rings. The van der Waals surface area contributed by atoms with Gasteiger partial charge in [0.15, 0.2) is 0 Å². The minimum absolute atomic E-state index is 0.172. The molecule has 0 unspecified atom stereocenters. The number of hydrogen-bond acceptors (Lipinski definition) is 1. The summed E-state index contributed by atoms with van der Waals surface area (Å²) in [5.41, 5.74) is 3.29. The lowest BCUT2D eigenvalue weighted by atomic mass is 10.1. The van der Waals surface area contributed by atoms with Crippen LogP contribution in [0.1, 0.15) is 17.7 Å². The van der Waals surface area contributed by atoms with Crippen LogP contribution in [0.2, 0.25) is 0 Å². The number of carboxylic acid groups (broad SMARTS) is 1. The highest BCUT2D eigenvalue weighted by molar-refractivity contribution is 5.83. The molecule has 0 atom stereocenters. The average molecular weight is 203 g/mol. The van der Waals surface area contributed by atoms with Crippen LogP contribution in [0.15, 0.2) is 24.3 Å². The Bertz CT molecular complexity index is 499. The molecule has 0 aliphatic rings. The van der Waals surface area contributed by atoms with Crippen LogP contribution >= 0.6 is 0 Å². The van der Waals surface area contributed by atoms with Gasteiger partial charge in [0.25, 0.3) is 0 Å². The summed E-state index contributed by atoms with van der Waals surface area (Å²) in [6.07, 6.45) is 0.731. The van der Waals surface area contributed by atoms with Crippen molar-refractivity contribution in [1.82, 2.24) is 4.98 Å². The van der Waals surface area contributed by atoms with E-state index in [0.29, 0.717) is 6.42 Å². The number of fused-ring (bicyclic) bond motifs is 1. The van der Waals surface area contributed by atoms with Crippen molar-refractivity contribution >= 4 is 16.9 Å². The van der Waals surface area contributed by atoms with Gasteiger partial charge in [-0.3, -0.25) is 4.79 Å². The number of carbonyl (C=O) groups is 1. The summed E-state index contributed by atoms with van der Waals surface area (Å²) in [5.74, 6) is -0.759. The largest absolute Gasteiger partial charge is 0.481 e. The second-order valence-corrected chi connectivity index (χ2v) is 3.73. The van der Waals surface area contributed by atoms with E-state index in [4.69, 9.17) is 5.11 Å². The van der Waals surface area contributed by atoms with Crippen molar-refractivity contribution in [2.45, 2.75) is 19.8 Å². The number of aliphatic carboxylic acids is 1. The summed E-state index contributed by atoms with van der Waals surface area (Å²) in [4.78, 5) is 13.7. The Balaban J connectivity index is 2.31. The van der Waals surface area contributed by atoms with E-state index in [1.807, 2.05) is 31.2 Å². The Labute approximate surface area is 87.7 Å². The van der Waals surface area contributed by atoms with Crippen molar-refractivity contribution in [3.8, 4) is 0 Å². The zero-order valence-corrected chi connectivity index (χ0v) is 8.58. The fraction of sp³-hybridized carbons (Fsp3) is 0.250. The molecule has 1 heterocycles. The van der Waals surface area contributed by atoms with E-state index in [1.54, 1.807) is 0 Å². The molecule has 1 aromatic carbocycles. The third kappa shape index (κ3) is 2.01. The number of H-pyrrole nitrogens is 1. The van der Waals surface area contributed by atoms with Crippen LogP contribution in [0.4, 0.5) is 0 Å². The fourth-order valence-corrected chi connectivity index (χ4v) is 1.74. The van der Waals surface area contributed by atoms with E-state index < -0.39 is 5.97 Å². The van der Waals surface area contributed by atoms with Gasteiger partial charge < -0.3 is 10.1 Å². The first kappa shape index (κ1) is 9.77. The molecule has 0 saturated heterocycles. The number of para-hydroxylation sites is 1. The van der Waals surface area contributed by atoms with Crippen LogP contribution in [0.5, 0.6) is 0 Å². The normalized spacial score (nSPS) is 10.7. The molecule has 1 aromatic heterocycles. The number of benzene rings is 1. The number of aromatic amines is 1. The predicted molar refractivity (Wildman–Crippen MR) is 59.0 cm³/mol. The highest BCUT2D eigenvalue weighted by atomic mass is 16.4. The van der Waals surface area contributed by atoms with Crippen molar-refractivity contribution in [2.75, 3.05) is 0 Å². The predicted octanol–water partition coefficient (Wildman–Crippen LogP) is 2.49. The smallest absolute Gasteiger partial charge is 0.303 e. The zero-order valence-electron chi connectivity index (χ0n) is 8.58. The van der Waals surface area contributed by atoms with E-state index in [2.05, 4.69) is 4.98 Å². The van der Waals surface area contributed by atoms with Gasteiger partial charge in [-0.25, -0.2) is 0 Å². The number of carboxylic acids is 1. The topological polar surface area (TPSA) is 53.1 Å². The monoisotopic (exact) mass is 203 g/mol. The minimum atomic E-state index is -0.759. The number of rotatable bonds is 3. The van der Waals surface area contributed by atoms with E-state index in [1.165, 1.54) is 5.56 Å². The molecule has 0 fully saturated rings. The van der Waals surface area contributed by atoms with Gasteiger partial charge in [-0.15, -0.1) is 0 Å². The van der Waals surface area contributed by atoms with Crippen LogP contribution in [0.25, 0.3) is 10.9 Å². The summed E-state index contributed by atoms with van der Waals surface area (Å²) < 4.78 is 0. The van der Waals surface area contributed by atoms with E-state index in [9.17, 15) is 4.79 Å². The quantitative estimate of drug-likeness (QED) is 0.805. The maximum atomic E-state index is 10.4. The molecule has 0 amide bonds. The summed E-state index contributed by atoms with van der Waals surface area (Å²) in [6.45, 7) is 2.04. The lowest BCUT2D eigenvalue weighted by Gasteiger charge is -1.94. The second kappa shape index (κ2) is 3.77. The number of aromatic nitrogens is 1. The minimum Gasteiger partial charge on any atom is -0.481 e. The van der Waals surface area contributed by atoms with E-state index in [0.717, 1.165) is 16.6 Å². The molecular weight excluding hydrogens is 190 g/mol. The summed E-state index contributed by atoms with van der Waals surface area (Å²) in [7, 11) is 0. The molecule has 3 heteroatoms. The highest BCUT2D eigenvalue weighted by Crippen LogP contribution is 2.19. The first-order valence-corrected chi connectivity index (χ1v) is 4.96. The molecule has 78 valence electrons. The van der Waals surface area contributed by atoms with Gasteiger partial charge >= 0.3 is 5.97 Å². The second-order valence-electron chi connectivity index (χ2n) is 3.73. The van der Waals surface area contributed by atoms with Gasteiger partial charge in [0.2, 0.25) is 0 Å². The maximum absolute atomic E-state index is 10.4. The highest BCUT2D eigenvalue weighted by Gasteiger charge is 2.04. The summed E-state index contributed by atoms with van der Waals surface area (Å²) in [5, 5.41) is 9.74. The summed E-state index contributed by atoms with van der Waals surface area (Å²) >= 11 is 0. The molecule has 0 aliphatic carbocycles. The van der Waals surface area contributed by atoms with Crippen LogP contribution in [-0.2, 0) is 11.2 Å². The first-order valence-electron chi connectivity index (χ1n) is 4.96. The van der Waals surface area contributed by atoms with Gasteiger partial charge in [0.1, 0.15) is 0 Å². The molecule has 0 spiro atoms. The van der Waals surface area contributed by atoms with Crippen molar-refractivity contribution in [2.24, 2.45) is 0 Å². The fourth-order valence-electron chi connectivity index (χ4n) is 1.74.